The normalized spacial score (nSPS) is 12.7. The Labute approximate surface area is 235 Å². The van der Waals surface area contributed by atoms with Crippen LogP contribution in [0, 0.1) is 5.82 Å². The lowest BCUT2D eigenvalue weighted by Gasteiger charge is -2.22. The van der Waals surface area contributed by atoms with Crippen molar-refractivity contribution in [3.05, 3.63) is 75.1 Å². The third-order valence-corrected chi connectivity index (χ3v) is 6.05. The Balaban J connectivity index is 1.51. The fraction of sp³-hybridized carbons (Fsp3) is 0.320. The minimum absolute atomic E-state index is 0.0148. The Morgan fingerprint density at radius 2 is 1.79 bits per heavy atom. The molecule has 2 N–H and O–H groups in total. The van der Waals surface area contributed by atoms with Crippen molar-refractivity contribution in [2.75, 3.05) is 11.9 Å². The molecule has 4 aromatic rings. The largest absolute Gasteiger partial charge is 0.423 e. The molecule has 0 aliphatic carbocycles. The lowest BCUT2D eigenvalue weighted by Crippen LogP contribution is -2.32. The minimum Gasteiger partial charge on any atom is -0.415 e. The number of aromatic amines is 1. The number of benzene rings is 1. The van der Waals surface area contributed by atoms with Crippen molar-refractivity contribution in [3.8, 4) is 17.1 Å². The first-order valence-corrected chi connectivity index (χ1v) is 12.2. The number of alkyl halides is 7. The van der Waals surface area contributed by atoms with E-state index in [9.17, 15) is 44.7 Å². The van der Waals surface area contributed by atoms with Crippen molar-refractivity contribution >= 4 is 16.5 Å². The number of rotatable bonds is 12. The predicted octanol–water partition coefficient (Wildman–Crippen LogP) is 4.80. The molecule has 0 aliphatic rings. The molecular formula is C25H20F8N6O4. The quantitative estimate of drug-likeness (QED) is 0.217. The summed E-state index contributed by atoms with van der Waals surface area (Å²) in [5.74, 6) is -1.34. The van der Waals surface area contributed by atoms with E-state index in [1.54, 1.807) is 5.10 Å². The van der Waals surface area contributed by atoms with Crippen molar-refractivity contribution in [2.24, 2.45) is 0 Å². The van der Waals surface area contributed by atoms with E-state index in [1.807, 2.05) is 0 Å². The predicted molar refractivity (Wildman–Crippen MR) is 134 cm³/mol. The van der Waals surface area contributed by atoms with Gasteiger partial charge in [0.15, 0.2) is 0 Å². The molecule has 1 aromatic carbocycles. The van der Waals surface area contributed by atoms with E-state index in [2.05, 4.69) is 29.9 Å². The maximum absolute atomic E-state index is 14.9. The van der Waals surface area contributed by atoms with Crippen LogP contribution in [0.5, 0.6) is 5.88 Å². The number of H-pyrrole nitrogens is 1. The van der Waals surface area contributed by atoms with Crippen LogP contribution in [-0.4, -0.2) is 50.6 Å². The molecule has 3 aromatic heterocycles. The standard InChI is InChI=1S/C25H20F8N6O4/c26-16-7-14-12(6-15(16)17-8-35-19(10-34-17)43-24(29)30)3-5-39(22(14)41)4-1-2-13(11-42-23(27)28)37-18-9-36-38-21(40)20(18)25(31,32)33/h3,5-10,13,23-24H,1-2,4,11H2,(H2,37,38,40)/t13-/m1/s1. The highest BCUT2D eigenvalue weighted by Crippen LogP contribution is 2.32. The lowest BCUT2D eigenvalue weighted by atomic mass is 10.1. The van der Waals surface area contributed by atoms with E-state index in [-0.39, 0.29) is 36.0 Å². The van der Waals surface area contributed by atoms with Crippen molar-refractivity contribution in [2.45, 2.75) is 44.8 Å². The molecule has 1 atom stereocenters. The number of anilines is 1. The van der Waals surface area contributed by atoms with E-state index >= 15 is 0 Å². The second-order valence-corrected chi connectivity index (χ2v) is 8.92. The summed E-state index contributed by atoms with van der Waals surface area (Å²) in [6.07, 6.45) is -1.13. The number of nitrogens with one attached hydrogen (secondary N) is 2. The summed E-state index contributed by atoms with van der Waals surface area (Å²) in [6.45, 7) is -7.12. The molecule has 4 rings (SSSR count). The molecule has 230 valence electrons. The molecule has 0 amide bonds. The van der Waals surface area contributed by atoms with Crippen LogP contribution in [0.25, 0.3) is 22.0 Å². The van der Waals surface area contributed by atoms with Crippen molar-refractivity contribution in [3.63, 3.8) is 0 Å². The number of aromatic nitrogens is 5. The monoisotopic (exact) mass is 620 g/mol. The summed E-state index contributed by atoms with van der Waals surface area (Å²) in [7, 11) is 0. The molecule has 0 fully saturated rings. The lowest BCUT2D eigenvalue weighted by molar-refractivity contribution is -0.138. The summed E-state index contributed by atoms with van der Waals surface area (Å²) in [6, 6.07) is 2.60. The van der Waals surface area contributed by atoms with E-state index < -0.39 is 66.1 Å². The molecule has 0 saturated carbocycles. The molecule has 0 bridgehead atoms. The van der Waals surface area contributed by atoms with Crippen molar-refractivity contribution in [1.82, 2.24) is 24.7 Å². The van der Waals surface area contributed by atoms with Crippen LogP contribution >= 0.6 is 0 Å². The number of hydrogen-bond donors (Lipinski definition) is 2. The topological polar surface area (TPSA) is 124 Å². The highest BCUT2D eigenvalue weighted by atomic mass is 19.4. The van der Waals surface area contributed by atoms with Gasteiger partial charge in [-0.25, -0.2) is 19.5 Å². The van der Waals surface area contributed by atoms with Crippen LogP contribution in [0.2, 0.25) is 0 Å². The molecular weight excluding hydrogens is 600 g/mol. The molecule has 0 saturated heterocycles. The van der Waals surface area contributed by atoms with E-state index in [0.717, 1.165) is 18.5 Å². The molecule has 0 spiro atoms. The van der Waals surface area contributed by atoms with Gasteiger partial charge in [0.25, 0.3) is 11.1 Å². The van der Waals surface area contributed by atoms with Crippen molar-refractivity contribution < 1.29 is 44.6 Å². The number of nitrogens with zero attached hydrogens (tertiary/aromatic N) is 4. The molecule has 3 heterocycles. The number of ether oxygens (including phenoxy) is 2. The van der Waals surface area contributed by atoms with E-state index in [4.69, 9.17) is 0 Å². The first kappa shape index (κ1) is 31.3. The Morgan fingerprint density at radius 3 is 2.44 bits per heavy atom. The van der Waals surface area contributed by atoms with Gasteiger partial charge in [-0.05, 0) is 36.4 Å². The zero-order valence-electron chi connectivity index (χ0n) is 21.5. The number of fused-ring (bicyclic) bond motifs is 1. The van der Waals surface area contributed by atoms with Crippen LogP contribution < -0.4 is 21.2 Å². The maximum atomic E-state index is 14.9. The highest BCUT2D eigenvalue weighted by molar-refractivity contribution is 5.86. The summed E-state index contributed by atoms with van der Waals surface area (Å²) in [4.78, 5) is 32.2. The average Bonchev–Trinajstić information content (AvgIpc) is 2.92. The van der Waals surface area contributed by atoms with Crippen LogP contribution in [0.1, 0.15) is 18.4 Å². The van der Waals surface area contributed by atoms with E-state index in [1.165, 1.54) is 22.9 Å². The maximum Gasteiger partial charge on any atom is 0.423 e. The summed E-state index contributed by atoms with van der Waals surface area (Å²) in [5, 5.41) is 7.62. The Kier molecular flexibility index (Phi) is 9.57. The van der Waals surface area contributed by atoms with Gasteiger partial charge in [-0.1, -0.05) is 0 Å². The van der Waals surface area contributed by atoms with Crippen LogP contribution in [0.4, 0.5) is 40.8 Å². The third-order valence-electron chi connectivity index (χ3n) is 6.05. The number of pyridine rings is 1. The molecule has 0 unspecified atom stereocenters. The molecule has 18 heteroatoms. The van der Waals surface area contributed by atoms with Gasteiger partial charge < -0.3 is 19.4 Å². The Bertz CT molecular complexity index is 1680. The van der Waals surface area contributed by atoms with Crippen LogP contribution in [0.3, 0.4) is 0 Å². The number of halogens is 8. The van der Waals surface area contributed by atoms with Gasteiger partial charge in [0.05, 0.1) is 42.0 Å². The van der Waals surface area contributed by atoms with Crippen LogP contribution in [0.15, 0.2) is 52.6 Å². The molecule has 43 heavy (non-hydrogen) atoms. The van der Waals surface area contributed by atoms with Gasteiger partial charge in [0.2, 0.25) is 5.88 Å². The second kappa shape index (κ2) is 13.1. The highest BCUT2D eigenvalue weighted by Gasteiger charge is 2.37. The average molecular weight is 620 g/mol. The van der Waals surface area contributed by atoms with Crippen LogP contribution in [-0.2, 0) is 17.5 Å². The fourth-order valence-corrected chi connectivity index (χ4v) is 4.19. The van der Waals surface area contributed by atoms with Gasteiger partial charge in [-0.15, -0.1) is 0 Å². The first-order valence-electron chi connectivity index (χ1n) is 12.2. The summed E-state index contributed by atoms with van der Waals surface area (Å²) < 4.78 is 115. The second-order valence-electron chi connectivity index (χ2n) is 8.92. The van der Waals surface area contributed by atoms with Crippen molar-refractivity contribution in [1.29, 1.82) is 0 Å². The zero-order chi connectivity index (χ0) is 31.3. The zero-order valence-corrected chi connectivity index (χ0v) is 21.5. The SMILES string of the molecule is O=c1[nH]ncc(N[C@H](CCCn2ccc3cc(-c4cnc(OC(F)F)cn4)c(F)cc3c2=O)COC(F)F)c1C(F)(F)F. The number of hydrogen-bond acceptors (Lipinski definition) is 8. The number of aryl methyl sites for hydroxylation is 1. The fourth-order valence-electron chi connectivity index (χ4n) is 4.19. The summed E-state index contributed by atoms with van der Waals surface area (Å²) >= 11 is 0. The first-order chi connectivity index (χ1) is 20.3. The summed E-state index contributed by atoms with van der Waals surface area (Å²) in [5.41, 5.74) is -4.58. The van der Waals surface area contributed by atoms with Gasteiger partial charge in [0.1, 0.15) is 11.4 Å². The van der Waals surface area contributed by atoms with Gasteiger partial charge in [-0.2, -0.15) is 35.8 Å². The molecule has 0 aliphatic heterocycles. The minimum atomic E-state index is -5.07. The Morgan fingerprint density at radius 1 is 1.02 bits per heavy atom. The van der Waals surface area contributed by atoms with Gasteiger partial charge >= 0.3 is 19.4 Å². The Hall–Kier alpha value is -4.61. The third kappa shape index (κ3) is 7.82. The molecule has 0 radical (unpaired) electrons. The van der Waals surface area contributed by atoms with E-state index in [0.29, 0.717) is 11.6 Å². The molecule has 10 nitrogen and oxygen atoms in total. The van der Waals surface area contributed by atoms with Gasteiger partial charge in [-0.3, -0.25) is 9.59 Å². The van der Waals surface area contributed by atoms with Gasteiger partial charge in [0, 0.05) is 24.3 Å². The smallest absolute Gasteiger partial charge is 0.415 e.